The van der Waals surface area contributed by atoms with Crippen molar-refractivity contribution in [2.45, 2.75) is 132 Å². The molecule has 0 heterocycles. The molecule has 0 unspecified atom stereocenters. The smallest absolute Gasteiger partial charge is 0.123 e. The van der Waals surface area contributed by atoms with Crippen LogP contribution in [0.5, 0.6) is 11.5 Å². The molecule has 0 aliphatic carbocycles. The lowest BCUT2D eigenvalue weighted by molar-refractivity contribution is 0.173. The van der Waals surface area contributed by atoms with E-state index in [1.54, 1.807) is 7.11 Å². The van der Waals surface area contributed by atoms with E-state index >= 15 is 0 Å². The Bertz CT molecular complexity index is 1090. The van der Waals surface area contributed by atoms with Gasteiger partial charge in [0.1, 0.15) is 11.5 Å². The molecular formula is C33H52O3S2. The molecule has 0 atom stereocenters. The first-order valence-electron chi connectivity index (χ1n) is 13.6. The predicted octanol–water partition coefficient (Wildman–Crippen LogP) is 9.92. The minimum atomic E-state index is -0.228. The third-order valence-corrected chi connectivity index (χ3v) is 9.40. The Hall–Kier alpha value is -1.30. The van der Waals surface area contributed by atoms with Gasteiger partial charge in [0.2, 0.25) is 0 Å². The van der Waals surface area contributed by atoms with Crippen LogP contribution in [0.4, 0.5) is 0 Å². The Morgan fingerprint density at radius 3 is 1.21 bits per heavy atom. The molecule has 214 valence electrons. The predicted molar refractivity (Wildman–Crippen MR) is 168 cm³/mol. The lowest BCUT2D eigenvalue weighted by atomic mass is 9.77. The first-order chi connectivity index (χ1) is 17.0. The maximum Gasteiger partial charge on any atom is 0.123 e. The van der Waals surface area contributed by atoms with Crippen molar-refractivity contribution in [3.63, 3.8) is 0 Å². The number of ether oxygens (including phenoxy) is 1. The molecule has 0 aliphatic heterocycles. The van der Waals surface area contributed by atoms with Gasteiger partial charge in [-0.1, -0.05) is 76.2 Å². The highest BCUT2D eigenvalue weighted by Gasteiger charge is 2.32. The standard InChI is InChI=1S/C33H52O3S2/c1-29(2,3)23-17-21(18-24(27(23)34)30(4,5)6)37-33(12,13)38-22-19-25(31(7,8)9)28(35)26(20-22)32(10,11)15-16-36-14/h17-20,34-35H,15-16H2,1-14H3. The molecule has 3 nitrogen and oxygen atoms in total. The normalized spacial score (nSPS) is 13.7. The van der Waals surface area contributed by atoms with Crippen LogP contribution in [0.3, 0.4) is 0 Å². The number of benzene rings is 2. The van der Waals surface area contributed by atoms with Crippen molar-refractivity contribution in [1.29, 1.82) is 0 Å². The molecule has 2 aromatic rings. The van der Waals surface area contributed by atoms with Crippen molar-refractivity contribution in [1.82, 2.24) is 0 Å². The summed E-state index contributed by atoms with van der Waals surface area (Å²) in [4.78, 5) is 2.31. The van der Waals surface area contributed by atoms with Crippen LogP contribution >= 0.6 is 23.5 Å². The molecule has 0 amide bonds. The number of thioether (sulfide) groups is 2. The van der Waals surface area contributed by atoms with E-state index in [9.17, 15) is 10.2 Å². The van der Waals surface area contributed by atoms with Gasteiger partial charge in [-0.2, -0.15) is 0 Å². The Morgan fingerprint density at radius 2 is 0.895 bits per heavy atom. The Kier molecular flexibility index (Phi) is 9.78. The summed E-state index contributed by atoms with van der Waals surface area (Å²) in [5, 5.41) is 22.5. The van der Waals surface area contributed by atoms with Crippen molar-refractivity contribution >= 4 is 23.5 Å². The SMILES string of the molecule is COCCC(C)(C)c1cc(SC(C)(C)Sc2cc(C(C)(C)C)c(O)c(C(C)(C)C)c2)cc(C(C)(C)C)c1O. The van der Waals surface area contributed by atoms with Gasteiger partial charge in [-0.15, -0.1) is 23.5 Å². The molecule has 0 saturated carbocycles. The molecule has 0 bridgehead atoms. The molecule has 0 spiro atoms. The molecule has 0 fully saturated rings. The highest BCUT2D eigenvalue weighted by Crippen LogP contribution is 2.51. The number of aromatic hydroxyl groups is 2. The molecule has 2 aromatic carbocycles. The van der Waals surface area contributed by atoms with Gasteiger partial charge < -0.3 is 14.9 Å². The molecule has 0 radical (unpaired) electrons. The fraction of sp³-hybridized carbons (Fsp3) is 0.636. The molecule has 2 rings (SSSR count). The van der Waals surface area contributed by atoms with Crippen molar-refractivity contribution in [2.75, 3.05) is 13.7 Å². The van der Waals surface area contributed by atoms with Gasteiger partial charge in [0.25, 0.3) is 0 Å². The molecule has 0 saturated heterocycles. The average Bonchev–Trinajstić information content (AvgIpc) is 2.71. The lowest BCUT2D eigenvalue weighted by Gasteiger charge is -2.32. The third-order valence-electron chi connectivity index (χ3n) is 6.98. The van der Waals surface area contributed by atoms with Gasteiger partial charge >= 0.3 is 0 Å². The summed E-state index contributed by atoms with van der Waals surface area (Å²) in [7, 11) is 1.72. The summed E-state index contributed by atoms with van der Waals surface area (Å²) >= 11 is 3.65. The van der Waals surface area contributed by atoms with E-state index in [0.717, 1.165) is 38.5 Å². The van der Waals surface area contributed by atoms with Crippen molar-refractivity contribution < 1.29 is 14.9 Å². The maximum absolute atomic E-state index is 11.4. The zero-order valence-corrected chi connectivity index (χ0v) is 28.0. The summed E-state index contributed by atoms with van der Waals surface area (Å²) in [6.07, 6.45) is 0.825. The summed E-state index contributed by atoms with van der Waals surface area (Å²) in [6.45, 7) is 28.9. The van der Waals surface area contributed by atoms with Crippen LogP contribution in [0.25, 0.3) is 0 Å². The molecule has 5 heteroatoms. The van der Waals surface area contributed by atoms with Gasteiger partial charge in [0, 0.05) is 45.8 Å². The van der Waals surface area contributed by atoms with Gasteiger partial charge in [-0.3, -0.25) is 0 Å². The summed E-state index contributed by atoms with van der Waals surface area (Å²) < 4.78 is 5.19. The van der Waals surface area contributed by atoms with Crippen LogP contribution in [-0.4, -0.2) is 28.0 Å². The molecule has 2 N–H and O–H groups in total. The highest BCUT2D eigenvalue weighted by molar-refractivity contribution is 8.18. The third kappa shape index (κ3) is 8.11. The van der Waals surface area contributed by atoms with Crippen LogP contribution in [0.2, 0.25) is 0 Å². The summed E-state index contributed by atoms with van der Waals surface area (Å²) in [6, 6.07) is 8.66. The minimum absolute atomic E-state index is 0.167. The fourth-order valence-electron chi connectivity index (χ4n) is 4.65. The number of hydrogen-bond donors (Lipinski definition) is 2. The molecule has 0 aromatic heterocycles. The number of hydrogen-bond acceptors (Lipinski definition) is 5. The van der Waals surface area contributed by atoms with Crippen molar-refractivity contribution in [2.24, 2.45) is 0 Å². The first kappa shape index (κ1) is 32.9. The van der Waals surface area contributed by atoms with E-state index in [4.69, 9.17) is 4.74 Å². The average molecular weight is 561 g/mol. The van der Waals surface area contributed by atoms with Crippen LogP contribution < -0.4 is 0 Å². The van der Waals surface area contributed by atoms with Gasteiger partial charge in [-0.25, -0.2) is 0 Å². The van der Waals surface area contributed by atoms with E-state index in [1.807, 2.05) is 23.5 Å². The van der Waals surface area contributed by atoms with E-state index in [1.165, 1.54) is 0 Å². The number of rotatable bonds is 8. The molecular weight excluding hydrogens is 508 g/mol. The van der Waals surface area contributed by atoms with Crippen LogP contribution in [0.15, 0.2) is 34.1 Å². The largest absolute Gasteiger partial charge is 0.507 e. The van der Waals surface area contributed by atoms with E-state index in [0.29, 0.717) is 18.1 Å². The quantitative estimate of drug-likeness (QED) is 0.248. The van der Waals surface area contributed by atoms with Gasteiger partial charge in [-0.05, 0) is 66.2 Å². The Labute approximate surface area is 241 Å². The van der Waals surface area contributed by atoms with Crippen molar-refractivity contribution in [3.8, 4) is 11.5 Å². The van der Waals surface area contributed by atoms with E-state index in [2.05, 4.69) is 114 Å². The first-order valence-corrected chi connectivity index (χ1v) is 15.3. The van der Waals surface area contributed by atoms with Crippen LogP contribution in [-0.2, 0) is 26.4 Å². The van der Waals surface area contributed by atoms with Gasteiger partial charge in [0.05, 0.1) is 4.08 Å². The van der Waals surface area contributed by atoms with E-state index < -0.39 is 0 Å². The van der Waals surface area contributed by atoms with Gasteiger partial charge in [0.15, 0.2) is 0 Å². The lowest BCUT2D eigenvalue weighted by Crippen LogP contribution is -2.22. The maximum atomic E-state index is 11.4. The second kappa shape index (κ2) is 11.3. The Morgan fingerprint density at radius 1 is 0.579 bits per heavy atom. The second-order valence-corrected chi connectivity index (χ2v) is 18.4. The second-order valence-electron chi connectivity index (χ2n) is 14.7. The molecule has 0 aliphatic rings. The van der Waals surface area contributed by atoms with Crippen LogP contribution in [0, 0.1) is 0 Å². The Balaban J connectivity index is 2.58. The van der Waals surface area contributed by atoms with Crippen molar-refractivity contribution in [3.05, 3.63) is 46.5 Å². The summed E-state index contributed by atoms with van der Waals surface area (Å²) in [5.74, 6) is 0.813. The molecule has 38 heavy (non-hydrogen) atoms. The summed E-state index contributed by atoms with van der Waals surface area (Å²) in [5.41, 5.74) is 3.15. The minimum Gasteiger partial charge on any atom is -0.507 e. The fourth-order valence-corrected chi connectivity index (χ4v) is 7.23. The number of methoxy groups -OCH3 is 1. The monoisotopic (exact) mass is 560 g/mol. The number of phenolic OH excluding ortho intramolecular Hbond substituents is 2. The zero-order chi connectivity index (χ0) is 29.5. The van der Waals surface area contributed by atoms with E-state index in [-0.39, 0.29) is 25.7 Å². The zero-order valence-electron chi connectivity index (χ0n) is 26.3. The highest BCUT2D eigenvalue weighted by atomic mass is 32.2. The topological polar surface area (TPSA) is 49.7 Å². The number of phenols is 2. The van der Waals surface area contributed by atoms with Crippen LogP contribution in [0.1, 0.15) is 119 Å².